The summed E-state index contributed by atoms with van der Waals surface area (Å²) >= 11 is 0. The Balaban J connectivity index is 1.53. The van der Waals surface area contributed by atoms with Gasteiger partial charge < -0.3 is 9.64 Å². The molecule has 2 heterocycles. The number of carbonyl (C=O) groups is 3. The van der Waals surface area contributed by atoms with Gasteiger partial charge in [-0.05, 0) is 47.4 Å². The number of ketones is 3. The van der Waals surface area contributed by atoms with Gasteiger partial charge in [0.2, 0.25) is 0 Å². The lowest BCUT2D eigenvalue weighted by Crippen LogP contribution is -2.48. The van der Waals surface area contributed by atoms with Crippen LogP contribution in [0.2, 0.25) is 0 Å². The summed E-state index contributed by atoms with van der Waals surface area (Å²) in [5.41, 5.74) is 2.55. The molecule has 214 valence electrons. The van der Waals surface area contributed by atoms with Gasteiger partial charge in [-0.1, -0.05) is 86.7 Å². The molecule has 4 aromatic carbocycles. The lowest BCUT2D eigenvalue weighted by atomic mass is 9.64. The maximum Gasteiger partial charge on any atom is 0.186 e. The monoisotopic (exact) mass is 571 g/mol. The Morgan fingerprint density at radius 2 is 1.58 bits per heavy atom. The van der Waals surface area contributed by atoms with Crippen LogP contribution in [0.15, 0.2) is 97.1 Å². The smallest absolute Gasteiger partial charge is 0.186 e. The molecule has 1 spiro atoms. The number of carbonyl (C=O) groups excluding carboxylic acids is 3. The van der Waals surface area contributed by atoms with Crippen molar-refractivity contribution in [3.05, 3.63) is 136 Å². The van der Waals surface area contributed by atoms with Crippen LogP contribution >= 0.6 is 0 Å². The predicted octanol–water partition coefficient (Wildman–Crippen LogP) is 7.27. The van der Waals surface area contributed by atoms with E-state index in [9.17, 15) is 18.8 Å². The van der Waals surface area contributed by atoms with Gasteiger partial charge in [-0.3, -0.25) is 14.4 Å². The van der Waals surface area contributed by atoms with E-state index in [2.05, 4.69) is 13.8 Å². The molecule has 0 bridgehead atoms. The minimum Gasteiger partial charge on any atom is -0.497 e. The lowest BCUT2D eigenvalue weighted by molar-refractivity contribution is 0.0666. The average molecular weight is 572 g/mol. The molecule has 6 heteroatoms. The third-order valence-electron chi connectivity index (χ3n) is 9.35. The van der Waals surface area contributed by atoms with Crippen molar-refractivity contribution in [3.8, 4) is 5.75 Å². The number of rotatable bonds is 5. The summed E-state index contributed by atoms with van der Waals surface area (Å²) in [6.07, 6.45) is 3.57. The summed E-state index contributed by atoms with van der Waals surface area (Å²) in [4.78, 5) is 46.2. The summed E-state index contributed by atoms with van der Waals surface area (Å²) in [5, 5.41) is 0. The number of Topliss-reactive ketones (excluding diaryl/α,β-unsaturated/α-hetero) is 3. The Labute approximate surface area is 249 Å². The van der Waals surface area contributed by atoms with Crippen molar-refractivity contribution in [1.82, 2.24) is 0 Å². The van der Waals surface area contributed by atoms with E-state index >= 15 is 0 Å². The first-order valence-corrected chi connectivity index (χ1v) is 14.5. The van der Waals surface area contributed by atoms with Crippen LogP contribution in [0.4, 0.5) is 10.1 Å². The van der Waals surface area contributed by atoms with Crippen molar-refractivity contribution >= 4 is 29.1 Å². The molecule has 43 heavy (non-hydrogen) atoms. The number of hydrogen-bond acceptors (Lipinski definition) is 5. The fraction of sp³-hybridized carbons (Fsp3) is 0.216. The third kappa shape index (κ3) is 3.79. The van der Waals surface area contributed by atoms with Gasteiger partial charge in [0, 0.05) is 33.9 Å². The number of nitrogens with zero attached hydrogens (tertiary/aromatic N) is 1. The second kappa shape index (κ2) is 9.87. The van der Waals surface area contributed by atoms with Crippen molar-refractivity contribution in [2.75, 3.05) is 12.0 Å². The Morgan fingerprint density at radius 3 is 2.23 bits per heavy atom. The van der Waals surface area contributed by atoms with Crippen LogP contribution < -0.4 is 9.64 Å². The van der Waals surface area contributed by atoms with E-state index in [1.54, 1.807) is 66.7 Å². The minimum atomic E-state index is -1.61. The van der Waals surface area contributed by atoms with Crippen LogP contribution in [0, 0.1) is 11.2 Å². The highest BCUT2D eigenvalue weighted by atomic mass is 19.1. The molecule has 1 aliphatic carbocycles. The van der Waals surface area contributed by atoms with E-state index < -0.39 is 29.2 Å². The largest absolute Gasteiger partial charge is 0.497 e. The Morgan fingerprint density at radius 1 is 0.884 bits per heavy atom. The molecule has 0 radical (unpaired) electrons. The van der Waals surface area contributed by atoms with E-state index in [1.807, 2.05) is 29.2 Å². The van der Waals surface area contributed by atoms with Gasteiger partial charge in [0.25, 0.3) is 0 Å². The quantitative estimate of drug-likeness (QED) is 0.186. The fourth-order valence-electron chi connectivity index (χ4n) is 7.36. The van der Waals surface area contributed by atoms with E-state index in [0.717, 1.165) is 11.1 Å². The fourth-order valence-corrected chi connectivity index (χ4v) is 7.36. The Kier molecular flexibility index (Phi) is 6.20. The molecule has 1 fully saturated rings. The topological polar surface area (TPSA) is 63.7 Å². The molecule has 0 aromatic heterocycles. The average Bonchev–Trinajstić information content (AvgIpc) is 3.46. The Bertz CT molecular complexity index is 1800. The second-order valence-corrected chi connectivity index (χ2v) is 11.8. The van der Waals surface area contributed by atoms with E-state index in [4.69, 9.17) is 4.74 Å². The van der Waals surface area contributed by atoms with E-state index in [0.29, 0.717) is 33.7 Å². The number of hydrogen-bond donors (Lipinski definition) is 0. The van der Waals surface area contributed by atoms with Crippen LogP contribution in [0.3, 0.4) is 0 Å². The highest BCUT2D eigenvalue weighted by Gasteiger charge is 2.71. The molecule has 0 N–H and O–H groups in total. The van der Waals surface area contributed by atoms with Gasteiger partial charge in [0.1, 0.15) is 23.0 Å². The number of benzene rings is 4. The summed E-state index contributed by atoms with van der Waals surface area (Å²) in [7, 11) is 1.54. The number of ether oxygens (including phenoxy) is 1. The highest BCUT2D eigenvalue weighted by molar-refractivity contribution is 6.32. The van der Waals surface area contributed by atoms with Crippen LogP contribution in [-0.4, -0.2) is 36.5 Å². The van der Waals surface area contributed by atoms with Gasteiger partial charge >= 0.3 is 0 Å². The van der Waals surface area contributed by atoms with Crippen molar-refractivity contribution in [2.24, 2.45) is 5.41 Å². The maximum atomic E-state index is 14.8. The molecule has 5 nitrogen and oxygen atoms in total. The van der Waals surface area contributed by atoms with Gasteiger partial charge in [-0.15, -0.1) is 0 Å². The van der Waals surface area contributed by atoms with Crippen LogP contribution in [0.25, 0.3) is 6.08 Å². The summed E-state index contributed by atoms with van der Waals surface area (Å²) < 4.78 is 19.9. The van der Waals surface area contributed by atoms with Crippen LogP contribution in [0.5, 0.6) is 5.75 Å². The van der Waals surface area contributed by atoms with Crippen molar-refractivity contribution in [1.29, 1.82) is 0 Å². The number of fused-ring (bicyclic) bond motifs is 5. The van der Waals surface area contributed by atoms with Crippen LogP contribution in [-0.2, 0) is 0 Å². The molecule has 3 atom stereocenters. The zero-order chi connectivity index (χ0) is 30.0. The standard InChI is InChI=1S/C37H30FNO4/c1-21(2)22-11-13-23(14-12-22)32-33(34(40)25-7-6-8-27(20-25)43-3)39-30-17-16-26(38)19-24(30)15-18-31(39)37(32)35(41)28-9-4-5-10-29(28)36(37)42/h4-21,31-33H,1-3H3/t31-,32-,33-/m0/s1. The van der Waals surface area contributed by atoms with Gasteiger partial charge in [0.15, 0.2) is 17.3 Å². The first-order chi connectivity index (χ1) is 20.8. The summed E-state index contributed by atoms with van der Waals surface area (Å²) in [6, 6.07) is 24.4. The zero-order valence-corrected chi connectivity index (χ0v) is 24.1. The van der Waals surface area contributed by atoms with Gasteiger partial charge in [0.05, 0.1) is 13.2 Å². The summed E-state index contributed by atoms with van der Waals surface area (Å²) in [5.74, 6) is -1.28. The molecule has 7 rings (SSSR count). The third-order valence-corrected chi connectivity index (χ3v) is 9.35. The number of methoxy groups -OCH3 is 1. The minimum absolute atomic E-state index is 0.249. The van der Waals surface area contributed by atoms with Crippen molar-refractivity contribution in [3.63, 3.8) is 0 Å². The van der Waals surface area contributed by atoms with Crippen molar-refractivity contribution in [2.45, 2.75) is 37.8 Å². The first kappa shape index (κ1) is 27.0. The SMILES string of the molecule is COc1cccc(C(=O)[C@@H]2[C@H](c3ccc(C(C)C)cc3)C3(C(=O)c4ccccc4C3=O)[C@@H]3C=Cc4cc(F)ccc4N23)c1. The molecule has 0 unspecified atom stereocenters. The zero-order valence-electron chi connectivity index (χ0n) is 24.1. The van der Waals surface area contributed by atoms with Crippen molar-refractivity contribution < 1.29 is 23.5 Å². The Hall–Kier alpha value is -4.84. The molecule has 4 aromatic rings. The normalized spacial score (nSPS) is 21.2. The summed E-state index contributed by atoms with van der Waals surface area (Å²) in [6.45, 7) is 4.20. The molecular weight excluding hydrogens is 541 g/mol. The molecular formula is C37H30FNO4. The van der Waals surface area contributed by atoms with E-state index in [-0.39, 0.29) is 23.3 Å². The van der Waals surface area contributed by atoms with Gasteiger partial charge in [-0.2, -0.15) is 0 Å². The highest BCUT2D eigenvalue weighted by Crippen LogP contribution is 2.61. The first-order valence-electron chi connectivity index (χ1n) is 14.5. The second-order valence-electron chi connectivity index (χ2n) is 11.8. The maximum absolute atomic E-state index is 14.8. The molecule has 0 saturated carbocycles. The molecule has 3 aliphatic rings. The predicted molar refractivity (Wildman–Crippen MR) is 164 cm³/mol. The van der Waals surface area contributed by atoms with Gasteiger partial charge in [-0.25, -0.2) is 4.39 Å². The number of halogens is 1. The molecule has 1 saturated heterocycles. The lowest BCUT2D eigenvalue weighted by Gasteiger charge is -2.37. The van der Waals surface area contributed by atoms with Crippen LogP contribution in [0.1, 0.15) is 73.4 Å². The molecule has 0 amide bonds. The van der Waals surface area contributed by atoms with E-state index in [1.165, 1.54) is 19.2 Å². The molecule has 2 aliphatic heterocycles. The number of anilines is 1.